The maximum Gasteiger partial charge on any atom is 0.125 e. The normalized spacial score (nSPS) is 11.9. The number of rotatable bonds is 2. The van der Waals surface area contributed by atoms with Gasteiger partial charge < -0.3 is 10.3 Å². The summed E-state index contributed by atoms with van der Waals surface area (Å²) in [6, 6.07) is 13.9. The third-order valence-electron chi connectivity index (χ3n) is 3.34. The van der Waals surface area contributed by atoms with Gasteiger partial charge in [0.15, 0.2) is 0 Å². The number of aromatic nitrogens is 1. The Balaban J connectivity index is 0.000000847. The average Bonchev–Trinajstić information content (AvgIpc) is 2.83. The lowest BCUT2D eigenvalue weighted by molar-refractivity contribution is 0.626. The van der Waals surface area contributed by atoms with Crippen molar-refractivity contribution >= 4 is 22.5 Å². The maximum atomic E-state index is 13.5. The van der Waals surface area contributed by atoms with Crippen LogP contribution >= 0.6 is 11.6 Å². The zero-order valence-electron chi connectivity index (χ0n) is 13.0. The van der Waals surface area contributed by atoms with E-state index in [4.69, 9.17) is 17.3 Å². The molecule has 2 nitrogen and oxygen atoms in total. The molecule has 0 fully saturated rings. The molecule has 22 heavy (non-hydrogen) atoms. The van der Waals surface area contributed by atoms with Crippen LogP contribution in [0.1, 0.15) is 32.5 Å². The average molecular weight is 319 g/mol. The Morgan fingerprint density at radius 3 is 2.41 bits per heavy atom. The summed E-state index contributed by atoms with van der Waals surface area (Å²) in [4.78, 5) is 0. The van der Waals surface area contributed by atoms with E-state index in [2.05, 4.69) is 0 Å². The zero-order chi connectivity index (χ0) is 16.3. The molecule has 3 rings (SSSR count). The summed E-state index contributed by atoms with van der Waals surface area (Å²) in [5, 5.41) is 1.55. The van der Waals surface area contributed by atoms with Gasteiger partial charge in [0.1, 0.15) is 5.82 Å². The molecule has 4 heteroatoms. The molecule has 0 saturated heterocycles. The highest BCUT2D eigenvalue weighted by molar-refractivity contribution is 6.36. The molecular weight excluding hydrogens is 299 g/mol. The highest BCUT2D eigenvalue weighted by atomic mass is 35.5. The van der Waals surface area contributed by atoms with Crippen molar-refractivity contribution in [1.82, 2.24) is 4.57 Å². The smallest absolute Gasteiger partial charge is 0.125 e. The van der Waals surface area contributed by atoms with Crippen molar-refractivity contribution in [2.45, 2.75) is 26.8 Å². The molecule has 0 saturated carbocycles. The fourth-order valence-corrected chi connectivity index (χ4v) is 2.93. The van der Waals surface area contributed by atoms with Crippen LogP contribution in [-0.4, -0.2) is 4.57 Å². The van der Waals surface area contributed by atoms with Gasteiger partial charge in [-0.1, -0.05) is 49.7 Å². The van der Waals surface area contributed by atoms with E-state index in [1.165, 1.54) is 12.1 Å². The van der Waals surface area contributed by atoms with Gasteiger partial charge in [0, 0.05) is 17.1 Å². The van der Waals surface area contributed by atoms with Crippen LogP contribution in [0.5, 0.6) is 0 Å². The maximum absolute atomic E-state index is 13.5. The summed E-state index contributed by atoms with van der Waals surface area (Å²) in [6.07, 6.45) is 0. The van der Waals surface area contributed by atoms with E-state index >= 15 is 0 Å². The second kappa shape index (κ2) is 6.95. The summed E-state index contributed by atoms with van der Waals surface area (Å²) in [5.41, 5.74) is 8.49. The number of nitrogens with zero attached hydrogens (tertiary/aromatic N) is 1. The molecule has 1 heterocycles. The van der Waals surface area contributed by atoms with Gasteiger partial charge in [-0.05, 0) is 31.2 Å². The van der Waals surface area contributed by atoms with Crippen molar-refractivity contribution in [3.8, 4) is 5.69 Å². The minimum Gasteiger partial charge on any atom is -0.323 e. The predicted octanol–water partition coefficient (Wildman–Crippen LogP) is 5.47. The third-order valence-corrected chi connectivity index (χ3v) is 3.74. The van der Waals surface area contributed by atoms with Crippen molar-refractivity contribution < 1.29 is 4.39 Å². The first-order valence-electron chi connectivity index (χ1n) is 7.40. The van der Waals surface area contributed by atoms with Crippen LogP contribution in [0.2, 0.25) is 5.02 Å². The molecule has 0 aliphatic rings. The fourth-order valence-electron chi connectivity index (χ4n) is 2.52. The van der Waals surface area contributed by atoms with Crippen LogP contribution in [0.15, 0.2) is 48.5 Å². The van der Waals surface area contributed by atoms with Gasteiger partial charge in [-0.3, -0.25) is 0 Å². The standard InChI is InChI=1S/C16H14ClFN2.C2H6/c1-10(19)16-15(17)13-7-2-3-8-14(13)20(16)12-6-4-5-11(18)9-12;1-2/h2-10H,19H2,1H3;1-2H3. The minimum atomic E-state index is -0.285. The number of benzene rings is 2. The van der Waals surface area contributed by atoms with Crippen molar-refractivity contribution in [3.05, 3.63) is 65.1 Å². The van der Waals surface area contributed by atoms with Crippen molar-refractivity contribution in [2.75, 3.05) is 0 Å². The molecule has 0 amide bonds. The first-order valence-corrected chi connectivity index (χ1v) is 7.77. The van der Waals surface area contributed by atoms with Gasteiger partial charge in [0.2, 0.25) is 0 Å². The van der Waals surface area contributed by atoms with E-state index in [1.54, 1.807) is 6.07 Å². The molecule has 3 aromatic rings. The summed E-state index contributed by atoms with van der Waals surface area (Å²) < 4.78 is 15.4. The Bertz CT molecular complexity index is 778. The zero-order valence-corrected chi connectivity index (χ0v) is 13.7. The number of hydrogen-bond donors (Lipinski definition) is 1. The lowest BCUT2D eigenvalue weighted by atomic mass is 10.2. The largest absolute Gasteiger partial charge is 0.323 e. The first kappa shape index (κ1) is 16.5. The minimum absolute atomic E-state index is 0.252. The van der Waals surface area contributed by atoms with Crippen LogP contribution in [-0.2, 0) is 0 Å². The van der Waals surface area contributed by atoms with E-state index in [0.29, 0.717) is 5.02 Å². The van der Waals surface area contributed by atoms with Crippen molar-refractivity contribution in [1.29, 1.82) is 0 Å². The second-order valence-corrected chi connectivity index (χ2v) is 5.20. The van der Waals surface area contributed by atoms with Crippen LogP contribution < -0.4 is 5.73 Å². The van der Waals surface area contributed by atoms with Gasteiger partial charge >= 0.3 is 0 Å². The molecule has 0 spiro atoms. The third kappa shape index (κ3) is 2.87. The number of hydrogen-bond acceptors (Lipinski definition) is 1. The highest BCUT2D eigenvalue weighted by Gasteiger charge is 2.19. The van der Waals surface area contributed by atoms with E-state index < -0.39 is 0 Å². The van der Waals surface area contributed by atoms with E-state index in [0.717, 1.165) is 22.3 Å². The van der Waals surface area contributed by atoms with Gasteiger partial charge in [-0.2, -0.15) is 0 Å². The molecule has 0 bridgehead atoms. The highest BCUT2D eigenvalue weighted by Crippen LogP contribution is 2.36. The van der Waals surface area contributed by atoms with Crippen LogP contribution in [0, 0.1) is 5.82 Å². The number of fused-ring (bicyclic) bond motifs is 1. The topological polar surface area (TPSA) is 30.9 Å². The molecule has 2 N–H and O–H groups in total. The molecule has 2 aromatic carbocycles. The SMILES string of the molecule is CC.CC(N)c1c(Cl)c2ccccc2n1-c1cccc(F)c1. The fraction of sp³-hybridized carbons (Fsp3) is 0.222. The Morgan fingerprint density at radius 1 is 1.09 bits per heavy atom. The molecule has 0 radical (unpaired) electrons. The predicted molar refractivity (Wildman–Crippen MR) is 92.2 cm³/mol. The lowest BCUT2D eigenvalue weighted by Crippen LogP contribution is -2.11. The molecular formula is C18H20ClFN2. The van der Waals surface area contributed by atoms with Gasteiger partial charge in [-0.15, -0.1) is 0 Å². The molecule has 1 aromatic heterocycles. The number of para-hydroxylation sites is 1. The summed E-state index contributed by atoms with van der Waals surface area (Å²) in [7, 11) is 0. The molecule has 0 aliphatic carbocycles. The van der Waals surface area contributed by atoms with Crippen LogP contribution in [0.3, 0.4) is 0 Å². The van der Waals surface area contributed by atoms with Gasteiger partial charge in [-0.25, -0.2) is 4.39 Å². The van der Waals surface area contributed by atoms with Crippen molar-refractivity contribution in [2.24, 2.45) is 5.73 Å². The lowest BCUT2D eigenvalue weighted by Gasteiger charge is -2.14. The molecule has 1 atom stereocenters. The Morgan fingerprint density at radius 2 is 1.77 bits per heavy atom. The Labute approximate surface area is 135 Å². The van der Waals surface area contributed by atoms with E-state index in [1.807, 2.05) is 55.7 Å². The van der Waals surface area contributed by atoms with Crippen LogP contribution in [0.25, 0.3) is 16.6 Å². The number of halogens is 2. The first-order chi connectivity index (χ1) is 10.6. The summed E-state index contributed by atoms with van der Waals surface area (Å²) in [6.45, 7) is 5.87. The second-order valence-electron chi connectivity index (χ2n) is 4.82. The Hall–Kier alpha value is -1.84. The molecule has 116 valence electrons. The summed E-state index contributed by atoms with van der Waals surface area (Å²) >= 11 is 6.45. The van der Waals surface area contributed by atoms with E-state index in [9.17, 15) is 4.39 Å². The Kier molecular flexibility index (Phi) is 5.22. The van der Waals surface area contributed by atoms with Crippen LogP contribution in [0.4, 0.5) is 4.39 Å². The quantitative estimate of drug-likeness (QED) is 0.667. The van der Waals surface area contributed by atoms with Crippen molar-refractivity contribution in [3.63, 3.8) is 0 Å². The van der Waals surface area contributed by atoms with E-state index in [-0.39, 0.29) is 11.9 Å². The molecule has 1 unspecified atom stereocenters. The van der Waals surface area contributed by atoms with Gasteiger partial charge in [0.25, 0.3) is 0 Å². The monoisotopic (exact) mass is 318 g/mol. The van der Waals surface area contributed by atoms with Gasteiger partial charge in [0.05, 0.1) is 16.2 Å². The number of nitrogens with two attached hydrogens (primary N) is 1. The molecule has 0 aliphatic heterocycles. The summed E-state index contributed by atoms with van der Waals surface area (Å²) in [5.74, 6) is -0.285.